The van der Waals surface area contributed by atoms with E-state index >= 15 is 0 Å². The number of quaternary nitrogens is 1. The van der Waals surface area contributed by atoms with Crippen molar-refractivity contribution >= 4 is 0 Å². The summed E-state index contributed by atoms with van der Waals surface area (Å²) in [5.74, 6) is 0. The van der Waals surface area contributed by atoms with Crippen LogP contribution < -0.4 is 0 Å². The van der Waals surface area contributed by atoms with Gasteiger partial charge in [0.1, 0.15) is 6.54 Å². The molecule has 0 amide bonds. The van der Waals surface area contributed by atoms with Crippen LogP contribution in [0.1, 0.15) is 70.1 Å². The lowest BCUT2D eigenvalue weighted by molar-refractivity contribution is -0.884. The minimum absolute atomic E-state index is 0.674. The van der Waals surface area contributed by atoms with Gasteiger partial charge in [-0.15, -0.1) is 0 Å². The van der Waals surface area contributed by atoms with Crippen molar-refractivity contribution in [2.75, 3.05) is 21.1 Å². The molecule has 0 aliphatic carbocycles. The maximum atomic E-state index is 11.0. The quantitative estimate of drug-likeness (QED) is 0.713. The highest BCUT2D eigenvalue weighted by molar-refractivity contribution is 5.36. The number of benzene rings is 1. The average Bonchev–Trinajstić information content (AvgIpc) is 2.51. The summed E-state index contributed by atoms with van der Waals surface area (Å²) in [4.78, 5) is 0. The molecule has 0 bridgehead atoms. The van der Waals surface area contributed by atoms with E-state index in [4.69, 9.17) is 0 Å². The molecule has 0 aromatic heterocycles. The molecule has 1 aromatic carbocycles. The summed E-state index contributed by atoms with van der Waals surface area (Å²) in [7, 11) is 6.47. The molecule has 0 saturated carbocycles. The van der Waals surface area contributed by atoms with Crippen molar-refractivity contribution in [2.45, 2.75) is 71.1 Å². The Bertz CT molecular complexity index is 473. The zero-order chi connectivity index (χ0) is 17.9. The highest BCUT2D eigenvalue weighted by atomic mass is 16.3. The van der Waals surface area contributed by atoms with Crippen LogP contribution in [0.4, 0.5) is 0 Å². The Morgan fingerprint density at radius 2 is 1.09 bits per heavy atom. The number of hydrogen-bond acceptors (Lipinski definition) is 2. The second-order valence-electron chi connectivity index (χ2n) is 7.84. The summed E-state index contributed by atoms with van der Waals surface area (Å²) in [5.41, 5.74) is 1.40. The summed E-state index contributed by atoms with van der Waals surface area (Å²) in [5, 5.41) is 21.9. The third kappa shape index (κ3) is 4.79. The SMILES string of the molecule is CCC(O)(CC)c1cc(C[N+](C)(C)C)cc(C(O)(CC)CC)c1. The fourth-order valence-electron chi connectivity index (χ4n) is 3.18. The molecule has 0 fully saturated rings. The maximum absolute atomic E-state index is 11.0. The summed E-state index contributed by atoms with van der Waals surface area (Å²) < 4.78 is 0.816. The highest BCUT2D eigenvalue weighted by Gasteiger charge is 2.31. The monoisotopic (exact) mass is 322 g/mol. The van der Waals surface area contributed by atoms with Gasteiger partial charge >= 0.3 is 0 Å². The van der Waals surface area contributed by atoms with Gasteiger partial charge in [0.25, 0.3) is 0 Å². The predicted molar refractivity (Wildman–Crippen MR) is 97.1 cm³/mol. The average molecular weight is 323 g/mol. The van der Waals surface area contributed by atoms with E-state index in [1.807, 2.05) is 33.8 Å². The molecule has 2 N–H and O–H groups in total. The Labute approximate surface area is 142 Å². The van der Waals surface area contributed by atoms with Gasteiger partial charge < -0.3 is 14.7 Å². The van der Waals surface area contributed by atoms with E-state index in [0.29, 0.717) is 25.7 Å². The second kappa shape index (κ2) is 7.33. The smallest absolute Gasteiger partial charge is 0.104 e. The molecule has 0 aliphatic rings. The van der Waals surface area contributed by atoms with E-state index in [9.17, 15) is 10.2 Å². The zero-order valence-corrected chi connectivity index (χ0v) is 16.1. The van der Waals surface area contributed by atoms with Gasteiger partial charge in [-0.1, -0.05) is 33.8 Å². The Morgan fingerprint density at radius 3 is 1.35 bits per heavy atom. The van der Waals surface area contributed by atoms with E-state index in [-0.39, 0.29) is 0 Å². The van der Waals surface area contributed by atoms with Gasteiger partial charge in [-0.2, -0.15) is 0 Å². The van der Waals surface area contributed by atoms with Crippen LogP contribution in [-0.2, 0) is 17.7 Å². The first-order valence-electron chi connectivity index (χ1n) is 8.93. The van der Waals surface area contributed by atoms with Gasteiger partial charge in [0.05, 0.1) is 32.3 Å². The van der Waals surface area contributed by atoms with Crippen LogP contribution in [0.2, 0.25) is 0 Å². The largest absolute Gasteiger partial charge is 0.385 e. The third-order valence-electron chi connectivity index (χ3n) is 5.06. The Kier molecular flexibility index (Phi) is 6.42. The van der Waals surface area contributed by atoms with Gasteiger partial charge in [0.15, 0.2) is 0 Å². The minimum atomic E-state index is -0.821. The molecular formula is C20H36NO2+. The lowest BCUT2D eigenvalue weighted by Crippen LogP contribution is -2.34. The van der Waals surface area contributed by atoms with E-state index in [0.717, 1.165) is 22.2 Å². The van der Waals surface area contributed by atoms with Gasteiger partial charge in [-0.3, -0.25) is 0 Å². The van der Waals surface area contributed by atoms with E-state index in [1.165, 1.54) is 5.56 Å². The number of rotatable bonds is 8. The summed E-state index contributed by atoms with van der Waals surface area (Å²) in [6.45, 7) is 8.93. The molecule has 0 saturated heterocycles. The molecule has 0 radical (unpaired) electrons. The van der Waals surface area contributed by atoms with Gasteiger partial charge in [-0.25, -0.2) is 0 Å². The van der Waals surface area contributed by atoms with Crippen molar-refractivity contribution in [3.05, 3.63) is 34.9 Å². The van der Waals surface area contributed by atoms with Crippen molar-refractivity contribution in [1.82, 2.24) is 0 Å². The summed E-state index contributed by atoms with van der Waals surface area (Å²) in [6, 6.07) is 6.25. The van der Waals surface area contributed by atoms with Gasteiger partial charge in [0, 0.05) is 5.56 Å². The molecule has 1 aromatic rings. The maximum Gasteiger partial charge on any atom is 0.104 e. The molecule has 132 valence electrons. The molecule has 23 heavy (non-hydrogen) atoms. The number of nitrogens with zero attached hydrogens (tertiary/aromatic N) is 1. The fourth-order valence-corrected chi connectivity index (χ4v) is 3.18. The lowest BCUT2D eigenvalue weighted by atomic mass is 9.81. The zero-order valence-electron chi connectivity index (χ0n) is 16.1. The van der Waals surface area contributed by atoms with Crippen molar-refractivity contribution < 1.29 is 14.7 Å². The van der Waals surface area contributed by atoms with E-state index in [1.54, 1.807) is 0 Å². The molecule has 0 unspecified atom stereocenters. The first kappa shape index (κ1) is 20.1. The van der Waals surface area contributed by atoms with Crippen molar-refractivity contribution in [3.63, 3.8) is 0 Å². The Balaban J connectivity index is 3.50. The van der Waals surface area contributed by atoms with Crippen LogP contribution in [0.25, 0.3) is 0 Å². The van der Waals surface area contributed by atoms with E-state index < -0.39 is 11.2 Å². The van der Waals surface area contributed by atoms with Crippen LogP contribution in [-0.4, -0.2) is 35.8 Å². The Morgan fingerprint density at radius 1 is 0.739 bits per heavy atom. The fraction of sp³-hybridized carbons (Fsp3) is 0.700. The van der Waals surface area contributed by atoms with E-state index in [2.05, 4.69) is 33.3 Å². The third-order valence-corrected chi connectivity index (χ3v) is 5.06. The number of aliphatic hydroxyl groups is 2. The second-order valence-corrected chi connectivity index (χ2v) is 7.84. The number of hydrogen-bond donors (Lipinski definition) is 2. The van der Waals surface area contributed by atoms with Gasteiger partial charge in [-0.05, 0) is 48.9 Å². The molecule has 0 heterocycles. The summed E-state index contributed by atoms with van der Waals surface area (Å²) >= 11 is 0. The predicted octanol–water partition coefficient (Wildman–Crippen LogP) is 3.91. The summed E-state index contributed by atoms with van der Waals surface area (Å²) in [6.07, 6.45) is 2.70. The van der Waals surface area contributed by atoms with Crippen molar-refractivity contribution in [1.29, 1.82) is 0 Å². The molecule has 0 spiro atoms. The topological polar surface area (TPSA) is 40.5 Å². The van der Waals surface area contributed by atoms with Crippen molar-refractivity contribution in [3.8, 4) is 0 Å². The molecule has 3 nitrogen and oxygen atoms in total. The normalized spacial score (nSPS) is 13.4. The van der Waals surface area contributed by atoms with Crippen LogP contribution in [0, 0.1) is 0 Å². The standard InChI is InChI=1S/C20H36NO2/c1-8-19(22,9-2)17-12-16(15-21(5,6)7)13-18(14-17)20(23,10-3)11-4/h12-14,22-23H,8-11,15H2,1-7H3/q+1. The van der Waals surface area contributed by atoms with Crippen LogP contribution in [0.5, 0.6) is 0 Å². The van der Waals surface area contributed by atoms with Crippen LogP contribution in [0.15, 0.2) is 18.2 Å². The lowest BCUT2D eigenvalue weighted by Gasteiger charge is -2.32. The molecule has 3 heteroatoms. The Hall–Kier alpha value is -0.900. The van der Waals surface area contributed by atoms with Crippen molar-refractivity contribution in [2.24, 2.45) is 0 Å². The van der Waals surface area contributed by atoms with Gasteiger partial charge in [0.2, 0.25) is 0 Å². The van der Waals surface area contributed by atoms with Crippen LogP contribution >= 0.6 is 0 Å². The molecule has 0 atom stereocenters. The molecular weight excluding hydrogens is 286 g/mol. The minimum Gasteiger partial charge on any atom is -0.385 e. The highest BCUT2D eigenvalue weighted by Crippen LogP contribution is 2.35. The first-order valence-corrected chi connectivity index (χ1v) is 8.93. The molecule has 1 rings (SSSR count). The first-order chi connectivity index (χ1) is 10.5. The van der Waals surface area contributed by atoms with Crippen LogP contribution in [0.3, 0.4) is 0 Å². The molecule has 0 aliphatic heterocycles.